The number of hydrogen-bond donors (Lipinski definition) is 1. The molecule has 0 bridgehead atoms. The summed E-state index contributed by atoms with van der Waals surface area (Å²) in [7, 11) is 3.59. The number of hydrogen-bond acceptors (Lipinski definition) is 6. The van der Waals surface area contributed by atoms with Crippen molar-refractivity contribution in [2.45, 2.75) is 0 Å². The molecule has 1 aromatic heterocycles. The number of furan rings is 1. The van der Waals surface area contributed by atoms with Gasteiger partial charge in [0.1, 0.15) is 11.3 Å². The van der Waals surface area contributed by atoms with Crippen LogP contribution in [0.4, 0.5) is 5.88 Å². The first-order valence-electron chi connectivity index (χ1n) is 5.01. The molecule has 0 atom stereocenters. The molecule has 0 aliphatic carbocycles. The van der Waals surface area contributed by atoms with Gasteiger partial charge in [-0.25, -0.2) is 9.59 Å². The Morgan fingerprint density at radius 2 is 2.17 bits per heavy atom. The van der Waals surface area contributed by atoms with Crippen LogP contribution in [0.25, 0.3) is 6.08 Å². The van der Waals surface area contributed by atoms with Gasteiger partial charge in [-0.15, -0.1) is 0 Å². The summed E-state index contributed by atoms with van der Waals surface area (Å²) in [6.45, 7) is 0. The molecule has 0 spiro atoms. The van der Waals surface area contributed by atoms with Gasteiger partial charge in [0.05, 0.1) is 0 Å². The van der Waals surface area contributed by atoms with Crippen molar-refractivity contribution in [3.05, 3.63) is 23.5 Å². The SMILES string of the molecule is CN(C)c1ccc(C=C2C(=O)ON=C2C(=O)O)o1. The second-order valence-corrected chi connectivity index (χ2v) is 3.75. The number of aliphatic carboxylic acids is 1. The van der Waals surface area contributed by atoms with Crippen molar-refractivity contribution < 1.29 is 24.0 Å². The van der Waals surface area contributed by atoms with Crippen LogP contribution in [0.15, 0.2) is 27.3 Å². The molecule has 7 heteroatoms. The van der Waals surface area contributed by atoms with Gasteiger partial charge >= 0.3 is 11.9 Å². The lowest BCUT2D eigenvalue weighted by Gasteiger charge is -2.05. The Hall–Kier alpha value is -2.57. The highest BCUT2D eigenvalue weighted by molar-refractivity contribution is 6.50. The molecule has 2 rings (SSSR count). The molecular weight excluding hydrogens is 240 g/mol. The summed E-state index contributed by atoms with van der Waals surface area (Å²) in [4.78, 5) is 28.2. The monoisotopic (exact) mass is 250 g/mol. The van der Waals surface area contributed by atoms with E-state index in [2.05, 4.69) is 9.99 Å². The smallest absolute Gasteiger partial charge is 0.368 e. The molecule has 94 valence electrons. The van der Waals surface area contributed by atoms with Crippen LogP contribution in [0.5, 0.6) is 0 Å². The van der Waals surface area contributed by atoms with Crippen molar-refractivity contribution in [1.82, 2.24) is 0 Å². The first kappa shape index (κ1) is 11.9. The largest absolute Gasteiger partial charge is 0.476 e. The standard InChI is InChI=1S/C11H10N2O5/c1-13(2)8-4-3-6(17-8)5-7-9(10(14)15)12-18-11(7)16/h3-5H,1-2H3,(H,14,15). The maximum absolute atomic E-state index is 11.3. The van der Waals surface area contributed by atoms with Crippen LogP contribution in [0.3, 0.4) is 0 Å². The Morgan fingerprint density at radius 1 is 1.44 bits per heavy atom. The summed E-state index contributed by atoms with van der Waals surface area (Å²) in [6.07, 6.45) is 1.29. The number of carbonyl (C=O) groups excluding carboxylic acids is 1. The number of nitrogens with zero attached hydrogens (tertiary/aromatic N) is 2. The van der Waals surface area contributed by atoms with E-state index in [9.17, 15) is 9.59 Å². The first-order valence-corrected chi connectivity index (χ1v) is 5.01. The molecule has 0 radical (unpaired) electrons. The highest BCUT2D eigenvalue weighted by atomic mass is 16.7. The van der Waals surface area contributed by atoms with Crippen molar-refractivity contribution in [2.24, 2.45) is 5.16 Å². The van der Waals surface area contributed by atoms with Crippen molar-refractivity contribution in [3.8, 4) is 0 Å². The lowest BCUT2D eigenvalue weighted by Crippen LogP contribution is -2.15. The molecule has 1 aromatic rings. The Bertz CT molecular complexity index is 568. The maximum Gasteiger partial charge on any atom is 0.368 e. The molecule has 7 nitrogen and oxygen atoms in total. The Balaban J connectivity index is 2.34. The maximum atomic E-state index is 11.3. The third-order valence-electron chi connectivity index (χ3n) is 2.24. The molecule has 2 heterocycles. The Morgan fingerprint density at radius 3 is 2.72 bits per heavy atom. The molecule has 1 N–H and O–H groups in total. The van der Waals surface area contributed by atoms with Crippen LogP contribution >= 0.6 is 0 Å². The molecule has 0 amide bonds. The van der Waals surface area contributed by atoms with Crippen molar-refractivity contribution in [2.75, 3.05) is 19.0 Å². The van der Waals surface area contributed by atoms with Crippen LogP contribution in [-0.2, 0) is 14.4 Å². The van der Waals surface area contributed by atoms with Gasteiger partial charge in [-0.3, -0.25) is 0 Å². The predicted molar refractivity (Wildman–Crippen MR) is 62.2 cm³/mol. The number of carboxylic acids is 1. The topological polar surface area (TPSA) is 92.3 Å². The van der Waals surface area contributed by atoms with Gasteiger partial charge in [0, 0.05) is 20.2 Å². The second kappa shape index (κ2) is 4.36. The zero-order chi connectivity index (χ0) is 13.3. The lowest BCUT2D eigenvalue weighted by atomic mass is 10.1. The van der Waals surface area contributed by atoms with E-state index in [0.29, 0.717) is 11.6 Å². The first-order chi connectivity index (χ1) is 8.49. The van der Waals surface area contributed by atoms with E-state index in [1.54, 1.807) is 31.1 Å². The van der Waals surface area contributed by atoms with Crippen LogP contribution in [0.2, 0.25) is 0 Å². The van der Waals surface area contributed by atoms with Gasteiger partial charge in [-0.1, -0.05) is 5.16 Å². The molecule has 18 heavy (non-hydrogen) atoms. The van der Waals surface area contributed by atoms with Gasteiger partial charge in [0.2, 0.25) is 5.71 Å². The van der Waals surface area contributed by atoms with Gasteiger partial charge < -0.3 is 19.3 Å². The summed E-state index contributed by atoms with van der Waals surface area (Å²) in [5, 5.41) is 12.0. The van der Waals surface area contributed by atoms with Crippen molar-refractivity contribution in [1.29, 1.82) is 0 Å². The van der Waals surface area contributed by atoms with E-state index < -0.39 is 17.7 Å². The summed E-state index contributed by atoms with van der Waals surface area (Å²) < 4.78 is 5.38. The number of carboxylic acid groups (broad SMARTS) is 1. The summed E-state index contributed by atoms with van der Waals surface area (Å²) in [5.41, 5.74) is -0.565. The van der Waals surface area contributed by atoms with E-state index in [4.69, 9.17) is 9.52 Å². The van der Waals surface area contributed by atoms with E-state index >= 15 is 0 Å². The van der Waals surface area contributed by atoms with Gasteiger partial charge in [0.25, 0.3) is 0 Å². The summed E-state index contributed by atoms with van der Waals surface area (Å²) >= 11 is 0. The molecule has 0 saturated heterocycles. The molecular formula is C11H10N2O5. The molecule has 0 fully saturated rings. The minimum atomic E-state index is -1.33. The highest BCUT2D eigenvalue weighted by Gasteiger charge is 2.31. The average molecular weight is 250 g/mol. The average Bonchev–Trinajstić information content (AvgIpc) is 2.88. The molecule has 1 aliphatic heterocycles. The summed E-state index contributed by atoms with van der Waals surface area (Å²) in [6, 6.07) is 3.32. The number of carbonyl (C=O) groups is 2. The Kier molecular flexibility index (Phi) is 2.88. The highest BCUT2D eigenvalue weighted by Crippen LogP contribution is 2.21. The van der Waals surface area contributed by atoms with E-state index in [0.717, 1.165) is 0 Å². The summed E-state index contributed by atoms with van der Waals surface area (Å²) in [5.74, 6) is -1.20. The van der Waals surface area contributed by atoms with Gasteiger partial charge in [-0.05, 0) is 12.1 Å². The van der Waals surface area contributed by atoms with Crippen LogP contribution in [0.1, 0.15) is 5.76 Å². The minimum Gasteiger partial charge on any atom is -0.476 e. The normalized spacial score (nSPS) is 16.7. The van der Waals surface area contributed by atoms with E-state index in [-0.39, 0.29) is 5.57 Å². The zero-order valence-electron chi connectivity index (χ0n) is 9.71. The van der Waals surface area contributed by atoms with Crippen LogP contribution < -0.4 is 4.90 Å². The number of rotatable bonds is 3. The van der Waals surface area contributed by atoms with Crippen LogP contribution in [0, 0.1) is 0 Å². The lowest BCUT2D eigenvalue weighted by molar-refractivity contribution is -0.136. The van der Waals surface area contributed by atoms with Gasteiger partial charge in [0.15, 0.2) is 5.88 Å². The number of oxime groups is 1. The fourth-order valence-electron chi connectivity index (χ4n) is 1.37. The second-order valence-electron chi connectivity index (χ2n) is 3.75. The molecule has 1 aliphatic rings. The van der Waals surface area contributed by atoms with Crippen molar-refractivity contribution in [3.63, 3.8) is 0 Å². The number of anilines is 1. The third-order valence-corrected chi connectivity index (χ3v) is 2.24. The third kappa shape index (κ3) is 2.10. The predicted octanol–water partition coefficient (Wildman–Crippen LogP) is 0.726. The molecule has 0 saturated carbocycles. The fourth-order valence-corrected chi connectivity index (χ4v) is 1.37. The zero-order valence-corrected chi connectivity index (χ0v) is 9.71. The van der Waals surface area contributed by atoms with Crippen molar-refractivity contribution >= 4 is 29.6 Å². The Labute approximate surface area is 102 Å². The van der Waals surface area contributed by atoms with Gasteiger partial charge in [-0.2, -0.15) is 0 Å². The van der Waals surface area contributed by atoms with E-state index in [1.165, 1.54) is 6.08 Å². The molecule has 0 unspecified atom stereocenters. The molecule has 0 aromatic carbocycles. The fraction of sp³-hybridized carbons (Fsp3) is 0.182. The van der Waals surface area contributed by atoms with Crippen LogP contribution in [-0.4, -0.2) is 36.9 Å². The quantitative estimate of drug-likeness (QED) is 0.627. The minimum absolute atomic E-state index is 0.137. The van der Waals surface area contributed by atoms with E-state index in [1.807, 2.05) is 0 Å².